The Morgan fingerprint density at radius 1 is 0.580 bits per heavy atom. The number of aromatic nitrogens is 3. The summed E-state index contributed by atoms with van der Waals surface area (Å²) in [6.07, 6.45) is -0.788. The van der Waals surface area contributed by atoms with Crippen LogP contribution < -0.4 is 0 Å². The second kappa shape index (κ2) is 17.9. The van der Waals surface area contributed by atoms with Crippen LogP contribution in [0.5, 0.6) is 5.75 Å². The quantitative estimate of drug-likeness (QED) is 0.165. The number of aryl methyl sites for hydroxylation is 1. The average Bonchev–Trinajstić information content (AvgIpc) is 0.881. The molecule has 1 N–H and O–H groups in total. The summed E-state index contributed by atoms with van der Waals surface area (Å²) < 4.78 is 186. The first-order chi connectivity index (χ1) is 40.7. The highest BCUT2D eigenvalue weighted by Crippen LogP contribution is 2.46. The first-order valence-corrected chi connectivity index (χ1v) is 23.1. The van der Waals surface area contributed by atoms with Crippen LogP contribution in [0.25, 0.3) is 72.7 Å². The molecule has 0 amide bonds. The van der Waals surface area contributed by atoms with Gasteiger partial charge in [-0.3, -0.25) is 9.55 Å². The van der Waals surface area contributed by atoms with Crippen LogP contribution in [0.1, 0.15) is 190 Å². The Labute approximate surface area is 443 Å². The van der Waals surface area contributed by atoms with Crippen LogP contribution in [0.15, 0.2) is 127 Å². The van der Waals surface area contributed by atoms with Gasteiger partial charge in [-0.15, -0.1) is 0 Å². The molecule has 0 fully saturated rings. The smallest absolute Gasteiger partial charge is 0.149 e. The van der Waals surface area contributed by atoms with Gasteiger partial charge in [-0.05, 0) is 150 Å². The highest BCUT2D eigenvalue weighted by molar-refractivity contribution is 5.97. The number of rotatable bonds is 8. The fourth-order valence-corrected chi connectivity index (χ4v) is 8.41. The van der Waals surface area contributed by atoms with E-state index < -0.39 is 120 Å². The molecule has 8 rings (SSSR count). The molecule has 0 saturated carbocycles. The van der Waals surface area contributed by atoms with Gasteiger partial charge >= 0.3 is 0 Å². The highest BCUT2D eigenvalue weighted by atomic mass is 16.3. The van der Waals surface area contributed by atoms with Crippen LogP contribution in [0, 0.1) is 6.85 Å². The van der Waals surface area contributed by atoms with E-state index >= 15 is 0 Å². The lowest BCUT2D eigenvalue weighted by atomic mass is 9.79. The lowest BCUT2D eigenvalue weighted by molar-refractivity contribution is 0.446. The number of benzene rings is 6. The molecule has 4 heteroatoms. The molecule has 69 heavy (non-hydrogen) atoms. The monoisotopic (exact) mass is 935 g/mol. The molecule has 6 aromatic carbocycles. The van der Waals surface area contributed by atoms with Gasteiger partial charge in [0.2, 0.25) is 0 Å². The van der Waals surface area contributed by atoms with Crippen LogP contribution >= 0.6 is 0 Å². The minimum absolute atomic E-state index is 0.0795. The molecular weight excluding hydrogens is 839 g/mol. The summed E-state index contributed by atoms with van der Waals surface area (Å²) in [5.41, 5.74) is -2.22. The molecule has 2 aromatic heterocycles. The van der Waals surface area contributed by atoms with Crippen molar-refractivity contribution in [3.05, 3.63) is 166 Å². The van der Waals surface area contributed by atoms with Crippen molar-refractivity contribution in [1.82, 2.24) is 14.5 Å². The zero-order chi connectivity index (χ0) is 68.1. The summed E-state index contributed by atoms with van der Waals surface area (Å²) in [5, 5.41) is 12.7. The van der Waals surface area contributed by atoms with Gasteiger partial charge in [-0.2, -0.15) is 0 Å². The molecule has 0 spiro atoms. The van der Waals surface area contributed by atoms with Crippen LogP contribution in [-0.2, 0) is 21.7 Å². The van der Waals surface area contributed by atoms with Crippen LogP contribution in [0.2, 0.25) is 0 Å². The lowest BCUT2D eigenvalue weighted by Crippen LogP contribution is -2.17. The third-order valence-electron chi connectivity index (χ3n) is 12.6. The minimum Gasteiger partial charge on any atom is -0.507 e. The fourth-order valence-electron chi connectivity index (χ4n) is 8.41. The summed E-state index contributed by atoms with van der Waals surface area (Å²) in [5.74, 6) is -2.06. The Balaban J connectivity index is 1.48. The Hall–Kier alpha value is -6.26. The molecule has 0 saturated heterocycles. The van der Waals surface area contributed by atoms with E-state index in [-0.39, 0.29) is 34.1 Å². The molecule has 0 aliphatic carbocycles. The van der Waals surface area contributed by atoms with Gasteiger partial charge in [0.15, 0.2) is 0 Å². The maximum Gasteiger partial charge on any atom is 0.149 e. The van der Waals surface area contributed by atoms with Gasteiger partial charge in [-0.25, -0.2) is 4.98 Å². The van der Waals surface area contributed by atoms with Gasteiger partial charge in [0.25, 0.3) is 0 Å². The van der Waals surface area contributed by atoms with Crippen LogP contribution in [-0.4, -0.2) is 19.6 Å². The van der Waals surface area contributed by atoms with Crippen molar-refractivity contribution in [3.63, 3.8) is 0 Å². The number of phenolic OH excluding ortho intramolecular Hbond substituents is 1. The van der Waals surface area contributed by atoms with Crippen molar-refractivity contribution < 1.29 is 33.9 Å². The Morgan fingerprint density at radius 3 is 1.84 bits per heavy atom. The van der Waals surface area contributed by atoms with Crippen LogP contribution in [0.4, 0.5) is 0 Å². The Morgan fingerprint density at radius 2 is 1.23 bits per heavy atom. The second-order valence-electron chi connectivity index (χ2n) is 21.6. The van der Waals surface area contributed by atoms with E-state index in [2.05, 4.69) is 4.98 Å². The maximum atomic E-state index is 12.7. The van der Waals surface area contributed by atoms with Crippen molar-refractivity contribution >= 4 is 11.0 Å². The zero-order valence-electron chi connectivity index (χ0n) is 62.9. The topological polar surface area (TPSA) is 50.9 Å². The number of para-hydroxylation sites is 1. The van der Waals surface area contributed by atoms with Gasteiger partial charge in [0.1, 0.15) is 11.6 Å². The van der Waals surface area contributed by atoms with E-state index in [1.165, 1.54) is 0 Å². The second-order valence-corrected chi connectivity index (χ2v) is 21.6. The number of hydrogen-bond donors (Lipinski definition) is 1. The van der Waals surface area contributed by atoms with Gasteiger partial charge in [-0.1, -0.05) is 183 Å². The molecule has 2 heterocycles. The highest BCUT2D eigenvalue weighted by Gasteiger charge is 2.29. The summed E-state index contributed by atoms with van der Waals surface area (Å²) in [6, 6.07) is 18.4. The number of nitrogens with zero attached hydrogens (tertiary/aromatic N) is 3. The first kappa shape index (κ1) is 29.0. The molecule has 356 valence electrons. The van der Waals surface area contributed by atoms with E-state index in [1.807, 2.05) is 98.7 Å². The molecule has 0 radical (unpaired) electrons. The van der Waals surface area contributed by atoms with E-state index in [1.54, 1.807) is 80.8 Å². The first-order valence-electron chi connectivity index (χ1n) is 33.6. The van der Waals surface area contributed by atoms with Crippen LogP contribution in [0.3, 0.4) is 0 Å². The number of fused-ring (bicyclic) bond motifs is 1. The SMILES string of the molecule is [2H]c1nc(-c2cc(-c3cccc4c3nc(-c3cc(C(C)(C)C)cc(C(C)(C)C)c3O)n4-c3ccc(-c4cc(C([2H])(C)C)cc(C([2H])(C)C)c4)cc3C([2H])([2H])[2H])cc(C(C)(C)C)c2)c([2H])c(-c2c([2H])c([2H])c(C(C([2H])([2H])[2H])(C([2H])([2H])[2H])C([2H])([2H])[2H])c([2H])c2[2H])c1[2H]. The Bertz CT molecular complexity index is 4090. The molecule has 0 atom stereocenters. The zero-order valence-corrected chi connectivity index (χ0v) is 41.9. The maximum absolute atomic E-state index is 12.7. The minimum atomic E-state index is -3.96. The average molecular weight is 935 g/mol. The Kier molecular flexibility index (Phi) is 7.54. The van der Waals surface area contributed by atoms with Crippen molar-refractivity contribution in [3.8, 4) is 67.5 Å². The van der Waals surface area contributed by atoms with E-state index in [9.17, 15) is 13.3 Å². The number of hydrogen-bond acceptors (Lipinski definition) is 3. The number of phenols is 1. The molecular formula is C65H75N3O. The van der Waals surface area contributed by atoms with Gasteiger partial charge < -0.3 is 5.11 Å². The number of imidazole rings is 1. The molecule has 0 unspecified atom stereocenters. The summed E-state index contributed by atoms with van der Waals surface area (Å²) in [4.78, 5) is 9.81. The third kappa shape index (κ3) is 9.96. The van der Waals surface area contributed by atoms with E-state index in [0.717, 1.165) is 5.56 Å². The lowest BCUT2D eigenvalue weighted by Gasteiger charge is -2.27. The number of aromatic hydroxyl groups is 1. The van der Waals surface area contributed by atoms with Crippen molar-refractivity contribution in [1.29, 1.82) is 0 Å². The standard InChI is InChI=1S/C65H75N3O/c1-39(2)45-30-46(40(3)4)32-47(31-45)43-23-26-57(41(5)29-43)68-58-20-18-19-53(59(58)67-61(68)54-37-52(64(12,13)14)38-55(60(54)69)65(15,16)17)48-33-49(35-51(34-48)63(9,10)11)56-36-44(27-28-66-56)42-21-24-50(25-22-42)62(6,7)8/h18-40,69H,1-17H3/i5D3,6D3,7D3,8D3,21D,22D,24D,25D,27D,28D,36D,39D,40D. The molecule has 8 aromatic rings. The summed E-state index contributed by atoms with van der Waals surface area (Å²) in [7, 11) is 0. The van der Waals surface area contributed by atoms with Crippen molar-refractivity contribution in [2.24, 2.45) is 0 Å². The normalized spacial score (nSPS) is 18.2. The largest absolute Gasteiger partial charge is 0.507 e. The summed E-state index contributed by atoms with van der Waals surface area (Å²) in [6.45, 7) is 10.1. The van der Waals surface area contributed by atoms with E-state index in [0.29, 0.717) is 61.1 Å². The fraction of sp³-hybridized carbons (Fsp3) is 0.354. The predicted molar refractivity (Wildman–Crippen MR) is 295 cm³/mol. The molecule has 4 nitrogen and oxygen atoms in total. The molecule has 0 aliphatic rings. The number of pyridine rings is 1. The predicted octanol–water partition coefficient (Wildman–Crippen LogP) is 18.2. The summed E-state index contributed by atoms with van der Waals surface area (Å²) >= 11 is 0. The van der Waals surface area contributed by atoms with E-state index in [4.69, 9.17) is 25.5 Å². The third-order valence-corrected chi connectivity index (χ3v) is 12.6. The van der Waals surface area contributed by atoms with Gasteiger partial charge in [0.05, 0.1) is 37.6 Å². The molecule has 0 bridgehead atoms. The van der Waals surface area contributed by atoms with Gasteiger partial charge in [0, 0.05) is 42.1 Å². The van der Waals surface area contributed by atoms with Crippen molar-refractivity contribution in [2.75, 3.05) is 0 Å². The van der Waals surface area contributed by atoms with Crippen molar-refractivity contribution in [2.45, 2.75) is 151 Å². The molecule has 0 aliphatic heterocycles.